The standard InChI is InChI=1S/C7H9N5S/c1-5-10-6(4-13-5)3-12-9-2-7(8)11-12/h2,4H,3H2,1H3,(H2,8,11). The molecule has 2 rings (SSSR count). The van der Waals surface area contributed by atoms with Crippen LogP contribution in [0.1, 0.15) is 10.7 Å². The van der Waals surface area contributed by atoms with Gasteiger partial charge in [-0.15, -0.1) is 16.4 Å². The van der Waals surface area contributed by atoms with Gasteiger partial charge in [0.25, 0.3) is 0 Å². The highest BCUT2D eigenvalue weighted by Gasteiger charge is 2.01. The second-order valence-corrected chi connectivity index (χ2v) is 3.72. The van der Waals surface area contributed by atoms with E-state index in [1.807, 2.05) is 12.3 Å². The lowest BCUT2D eigenvalue weighted by molar-refractivity contribution is 0.585. The highest BCUT2D eigenvalue weighted by Crippen LogP contribution is 2.08. The highest BCUT2D eigenvalue weighted by atomic mass is 32.1. The molecule has 0 amide bonds. The molecule has 0 unspecified atom stereocenters. The molecule has 0 fully saturated rings. The van der Waals surface area contributed by atoms with E-state index in [4.69, 9.17) is 5.73 Å². The lowest BCUT2D eigenvalue weighted by atomic mass is 10.5. The fraction of sp³-hybridized carbons (Fsp3) is 0.286. The SMILES string of the molecule is Cc1nc(Cn2ncc(N)n2)cs1. The Kier molecular flexibility index (Phi) is 1.97. The Balaban J connectivity index is 2.14. The molecular weight excluding hydrogens is 186 g/mol. The molecule has 2 aromatic rings. The molecule has 2 aromatic heterocycles. The Morgan fingerprint density at radius 1 is 1.62 bits per heavy atom. The summed E-state index contributed by atoms with van der Waals surface area (Å²) in [5.41, 5.74) is 6.40. The first-order valence-corrected chi connectivity index (χ1v) is 4.68. The maximum absolute atomic E-state index is 5.43. The quantitative estimate of drug-likeness (QED) is 0.764. The van der Waals surface area contributed by atoms with Gasteiger partial charge in [-0.1, -0.05) is 0 Å². The van der Waals surface area contributed by atoms with Gasteiger partial charge in [0.05, 0.1) is 16.9 Å². The molecule has 0 saturated carbocycles. The normalized spacial score (nSPS) is 10.5. The van der Waals surface area contributed by atoms with Crippen molar-refractivity contribution >= 4 is 17.2 Å². The second kappa shape index (κ2) is 3.14. The van der Waals surface area contributed by atoms with Crippen LogP contribution in [0.15, 0.2) is 11.6 Å². The number of rotatable bonds is 2. The minimum atomic E-state index is 0.437. The summed E-state index contributed by atoms with van der Waals surface area (Å²) < 4.78 is 0. The largest absolute Gasteiger partial charge is 0.381 e. The van der Waals surface area contributed by atoms with Crippen molar-refractivity contribution in [3.05, 3.63) is 22.3 Å². The van der Waals surface area contributed by atoms with Crippen molar-refractivity contribution in [2.45, 2.75) is 13.5 Å². The van der Waals surface area contributed by atoms with Crippen molar-refractivity contribution in [2.24, 2.45) is 0 Å². The summed E-state index contributed by atoms with van der Waals surface area (Å²) in [5.74, 6) is 0.437. The molecule has 0 aliphatic rings. The lowest BCUT2D eigenvalue weighted by Gasteiger charge is -1.93. The molecule has 5 nitrogen and oxygen atoms in total. The molecule has 13 heavy (non-hydrogen) atoms. The Morgan fingerprint density at radius 2 is 2.46 bits per heavy atom. The minimum absolute atomic E-state index is 0.437. The van der Waals surface area contributed by atoms with Gasteiger partial charge in [-0.25, -0.2) is 4.98 Å². The van der Waals surface area contributed by atoms with E-state index in [1.165, 1.54) is 11.0 Å². The number of aromatic nitrogens is 4. The fourth-order valence-electron chi connectivity index (χ4n) is 1.01. The molecule has 0 spiro atoms. The summed E-state index contributed by atoms with van der Waals surface area (Å²) >= 11 is 1.62. The number of thiazole rings is 1. The number of nitrogens with two attached hydrogens (primary N) is 1. The van der Waals surface area contributed by atoms with Crippen molar-refractivity contribution in [3.8, 4) is 0 Å². The molecule has 0 atom stereocenters. The molecule has 6 heteroatoms. The monoisotopic (exact) mass is 195 g/mol. The van der Waals surface area contributed by atoms with Crippen LogP contribution >= 0.6 is 11.3 Å². The summed E-state index contributed by atoms with van der Waals surface area (Å²) in [4.78, 5) is 5.82. The molecule has 0 saturated heterocycles. The predicted molar refractivity (Wildman–Crippen MR) is 50.4 cm³/mol. The molecule has 0 radical (unpaired) electrons. The van der Waals surface area contributed by atoms with Gasteiger partial charge >= 0.3 is 0 Å². The van der Waals surface area contributed by atoms with E-state index in [2.05, 4.69) is 15.2 Å². The third-order valence-corrected chi connectivity index (χ3v) is 2.35. The average molecular weight is 195 g/mol. The van der Waals surface area contributed by atoms with E-state index in [0.29, 0.717) is 12.4 Å². The van der Waals surface area contributed by atoms with Crippen molar-refractivity contribution in [3.63, 3.8) is 0 Å². The van der Waals surface area contributed by atoms with E-state index in [1.54, 1.807) is 11.3 Å². The zero-order chi connectivity index (χ0) is 9.26. The van der Waals surface area contributed by atoms with Crippen LogP contribution in [-0.4, -0.2) is 20.0 Å². The van der Waals surface area contributed by atoms with Gasteiger partial charge in [0, 0.05) is 5.38 Å². The second-order valence-electron chi connectivity index (χ2n) is 2.66. The Labute approximate surface area is 79.2 Å². The number of anilines is 1. The van der Waals surface area contributed by atoms with Crippen LogP contribution in [0.4, 0.5) is 5.82 Å². The molecule has 0 aliphatic carbocycles. The third kappa shape index (κ3) is 1.83. The van der Waals surface area contributed by atoms with Crippen molar-refractivity contribution in [1.82, 2.24) is 20.0 Å². The third-order valence-electron chi connectivity index (χ3n) is 1.52. The predicted octanol–water partition coefficient (Wildman–Crippen LogP) is 0.674. The zero-order valence-electron chi connectivity index (χ0n) is 7.14. The number of aryl methyl sites for hydroxylation is 1. The summed E-state index contributed by atoms with van der Waals surface area (Å²) in [6.07, 6.45) is 1.53. The zero-order valence-corrected chi connectivity index (χ0v) is 7.95. The van der Waals surface area contributed by atoms with Crippen LogP contribution < -0.4 is 5.73 Å². The van der Waals surface area contributed by atoms with Gasteiger partial charge in [0.2, 0.25) is 0 Å². The summed E-state index contributed by atoms with van der Waals surface area (Å²) in [5, 5.41) is 11.0. The molecule has 2 N–H and O–H groups in total. The summed E-state index contributed by atoms with van der Waals surface area (Å²) in [7, 11) is 0. The maximum atomic E-state index is 5.43. The van der Waals surface area contributed by atoms with Gasteiger partial charge in [0.15, 0.2) is 5.82 Å². The van der Waals surface area contributed by atoms with Gasteiger partial charge < -0.3 is 5.73 Å². The van der Waals surface area contributed by atoms with Crippen molar-refractivity contribution in [2.75, 3.05) is 5.73 Å². The van der Waals surface area contributed by atoms with Crippen molar-refractivity contribution < 1.29 is 0 Å². The van der Waals surface area contributed by atoms with Crippen molar-refractivity contribution in [1.29, 1.82) is 0 Å². The first kappa shape index (κ1) is 8.18. The smallest absolute Gasteiger partial charge is 0.165 e. The fourth-order valence-corrected chi connectivity index (χ4v) is 1.62. The van der Waals surface area contributed by atoms with E-state index < -0.39 is 0 Å². The molecule has 0 bridgehead atoms. The van der Waals surface area contributed by atoms with Crippen LogP contribution in [0.2, 0.25) is 0 Å². The molecule has 2 heterocycles. The first-order chi connectivity index (χ1) is 6.24. The van der Waals surface area contributed by atoms with Gasteiger partial charge in [0.1, 0.15) is 6.54 Å². The maximum Gasteiger partial charge on any atom is 0.165 e. The van der Waals surface area contributed by atoms with Crippen LogP contribution in [-0.2, 0) is 6.54 Å². The number of hydrogen-bond donors (Lipinski definition) is 1. The molecule has 0 aliphatic heterocycles. The summed E-state index contributed by atoms with van der Waals surface area (Å²) in [6, 6.07) is 0. The highest BCUT2D eigenvalue weighted by molar-refractivity contribution is 7.09. The molecule has 68 valence electrons. The van der Waals surface area contributed by atoms with Crippen LogP contribution in [0.5, 0.6) is 0 Å². The molecule has 0 aromatic carbocycles. The van der Waals surface area contributed by atoms with Gasteiger partial charge in [-0.3, -0.25) is 0 Å². The Hall–Kier alpha value is -1.43. The Morgan fingerprint density at radius 3 is 3.00 bits per heavy atom. The van der Waals surface area contributed by atoms with Crippen LogP contribution in [0.3, 0.4) is 0 Å². The number of hydrogen-bond acceptors (Lipinski definition) is 5. The Bertz CT molecular complexity index is 366. The molecular formula is C7H9N5S. The van der Waals surface area contributed by atoms with Crippen LogP contribution in [0, 0.1) is 6.92 Å². The van der Waals surface area contributed by atoms with Gasteiger partial charge in [-0.2, -0.15) is 9.90 Å². The first-order valence-electron chi connectivity index (χ1n) is 3.80. The summed E-state index contributed by atoms with van der Waals surface area (Å²) in [6.45, 7) is 2.56. The number of nitrogens with zero attached hydrogens (tertiary/aromatic N) is 4. The topological polar surface area (TPSA) is 69.6 Å². The van der Waals surface area contributed by atoms with E-state index in [9.17, 15) is 0 Å². The van der Waals surface area contributed by atoms with Crippen LogP contribution in [0.25, 0.3) is 0 Å². The van der Waals surface area contributed by atoms with E-state index in [0.717, 1.165) is 10.7 Å². The number of nitrogen functional groups attached to an aromatic ring is 1. The minimum Gasteiger partial charge on any atom is -0.381 e. The van der Waals surface area contributed by atoms with E-state index in [-0.39, 0.29) is 0 Å². The van der Waals surface area contributed by atoms with E-state index >= 15 is 0 Å². The lowest BCUT2D eigenvalue weighted by Crippen LogP contribution is -2.04. The van der Waals surface area contributed by atoms with Gasteiger partial charge in [-0.05, 0) is 6.92 Å². The average Bonchev–Trinajstić information content (AvgIpc) is 2.62.